The van der Waals surface area contributed by atoms with E-state index in [2.05, 4.69) is 57.1 Å². The minimum absolute atomic E-state index is 0.225. The van der Waals surface area contributed by atoms with Gasteiger partial charge in [-0.25, -0.2) is 4.79 Å². The van der Waals surface area contributed by atoms with Crippen LogP contribution in [0.25, 0.3) is 0 Å². The van der Waals surface area contributed by atoms with Crippen LogP contribution in [0.5, 0.6) is 0 Å². The van der Waals surface area contributed by atoms with Gasteiger partial charge in [0, 0.05) is 29.2 Å². The average Bonchev–Trinajstić information content (AvgIpc) is 2.41. The van der Waals surface area contributed by atoms with Crippen LogP contribution in [0, 0.1) is 3.57 Å². The van der Waals surface area contributed by atoms with E-state index in [9.17, 15) is 4.79 Å². The van der Waals surface area contributed by atoms with E-state index in [-0.39, 0.29) is 12.1 Å². The molecule has 1 heterocycles. The molecule has 0 spiro atoms. The van der Waals surface area contributed by atoms with Crippen molar-refractivity contribution in [2.45, 2.75) is 51.8 Å². The number of carbonyl (C=O) groups excluding carboxylic acids is 1. The molecule has 0 aromatic heterocycles. The first-order chi connectivity index (χ1) is 10.3. The van der Waals surface area contributed by atoms with Gasteiger partial charge >= 0.3 is 6.09 Å². The van der Waals surface area contributed by atoms with Crippen molar-refractivity contribution < 1.29 is 9.53 Å². The molecule has 122 valence electrons. The van der Waals surface area contributed by atoms with Crippen LogP contribution in [0.3, 0.4) is 0 Å². The molecule has 1 aliphatic heterocycles. The molecule has 0 saturated carbocycles. The molecule has 0 aliphatic carbocycles. The summed E-state index contributed by atoms with van der Waals surface area (Å²) in [6, 6.07) is 8.89. The second-order valence-corrected chi connectivity index (χ2v) is 8.07. The van der Waals surface area contributed by atoms with Crippen LogP contribution in [-0.2, 0) is 11.3 Å². The zero-order chi connectivity index (χ0) is 16.2. The lowest BCUT2D eigenvalue weighted by molar-refractivity contribution is 0.0477. The fourth-order valence-electron chi connectivity index (χ4n) is 2.56. The summed E-state index contributed by atoms with van der Waals surface area (Å²) in [4.78, 5) is 14.2. The molecule has 2 rings (SSSR count). The summed E-state index contributed by atoms with van der Waals surface area (Å²) in [5, 5.41) is 2.98. The number of alkyl carbamates (subject to hydrolysis) is 1. The van der Waals surface area contributed by atoms with E-state index in [1.807, 2.05) is 20.8 Å². The molecule has 0 bridgehead atoms. The second kappa shape index (κ2) is 7.64. The van der Waals surface area contributed by atoms with Crippen molar-refractivity contribution in [2.75, 3.05) is 13.1 Å². The maximum absolute atomic E-state index is 11.8. The second-order valence-electron chi connectivity index (χ2n) is 6.82. The molecule has 0 radical (unpaired) electrons. The topological polar surface area (TPSA) is 41.6 Å². The lowest BCUT2D eigenvalue weighted by Gasteiger charge is -2.32. The highest BCUT2D eigenvalue weighted by Crippen LogP contribution is 2.16. The molecule has 1 aromatic rings. The summed E-state index contributed by atoms with van der Waals surface area (Å²) in [5.41, 5.74) is 0.911. The van der Waals surface area contributed by atoms with Gasteiger partial charge in [0.15, 0.2) is 0 Å². The minimum atomic E-state index is -0.435. The Kier molecular flexibility index (Phi) is 6.09. The SMILES string of the molecule is CC(C)(C)OC(=O)NC1CCN(Cc2ccc(I)cc2)CC1. The first-order valence-electron chi connectivity index (χ1n) is 7.78. The average molecular weight is 416 g/mol. The van der Waals surface area contributed by atoms with Crippen molar-refractivity contribution in [3.63, 3.8) is 0 Å². The number of rotatable bonds is 3. The number of carbonyl (C=O) groups is 1. The Morgan fingerprint density at radius 1 is 1.27 bits per heavy atom. The molecular formula is C17H25IN2O2. The monoisotopic (exact) mass is 416 g/mol. The normalized spacial score (nSPS) is 17.3. The van der Waals surface area contributed by atoms with Gasteiger partial charge < -0.3 is 10.1 Å². The number of piperidine rings is 1. The van der Waals surface area contributed by atoms with E-state index in [0.717, 1.165) is 32.5 Å². The Balaban J connectivity index is 1.73. The highest BCUT2D eigenvalue weighted by atomic mass is 127. The van der Waals surface area contributed by atoms with Crippen LogP contribution in [0.15, 0.2) is 24.3 Å². The largest absolute Gasteiger partial charge is 0.444 e. The van der Waals surface area contributed by atoms with Crippen LogP contribution in [0.4, 0.5) is 4.79 Å². The summed E-state index contributed by atoms with van der Waals surface area (Å²) in [6.07, 6.45) is 1.65. The van der Waals surface area contributed by atoms with Crippen molar-refractivity contribution in [3.8, 4) is 0 Å². The lowest BCUT2D eigenvalue weighted by atomic mass is 10.0. The molecule has 1 aliphatic rings. The van der Waals surface area contributed by atoms with Gasteiger partial charge in [-0.15, -0.1) is 0 Å². The summed E-state index contributed by atoms with van der Waals surface area (Å²) in [6.45, 7) is 8.65. The Morgan fingerprint density at radius 3 is 2.41 bits per heavy atom. The van der Waals surface area contributed by atoms with Gasteiger partial charge in [0.2, 0.25) is 0 Å². The van der Waals surface area contributed by atoms with E-state index >= 15 is 0 Å². The predicted molar refractivity (Wildman–Crippen MR) is 96.8 cm³/mol. The molecule has 22 heavy (non-hydrogen) atoms. The molecule has 1 saturated heterocycles. The summed E-state index contributed by atoms with van der Waals surface area (Å²) in [7, 11) is 0. The number of benzene rings is 1. The van der Waals surface area contributed by atoms with Crippen molar-refractivity contribution in [2.24, 2.45) is 0 Å². The highest BCUT2D eigenvalue weighted by Gasteiger charge is 2.23. The minimum Gasteiger partial charge on any atom is -0.444 e. The van der Waals surface area contributed by atoms with Crippen LogP contribution in [0.2, 0.25) is 0 Å². The van der Waals surface area contributed by atoms with E-state index in [0.29, 0.717) is 0 Å². The lowest BCUT2D eigenvalue weighted by Crippen LogP contribution is -2.45. The number of amides is 1. The molecule has 4 nitrogen and oxygen atoms in total. The van der Waals surface area contributed by atoms with E-state index in [4.69, 9.17) is 4.74 Å². The van der Waals surface area contributed by atoms with Gasteiger partial charge in [-0.3, -0.25) is 4.90 Å². The first kappa shape index (κ1) is 17.5. The van der Waals surface area contributed by atoms with E-state index in [1.54, 1.807) is 0 Å². The highest BCUT2D eigenvalue weighted by molar-refractivity contribution is 14.1. The van der Waals surface area contributed by atoms with Gasteiger partial charge in [0.1, 0.15) is 5.60 Å². The molecule has 1 aromatic carbocycles. The number of nitrogens with one attached hydrogen (secondary N) is 1. The molecule has 1 N–H and O–H groups in total. The smallest absolute Gasteiger partial charge is 0.407 e. The fourth-order valence-corrected chi connectivity index (χ4v) is 2.92. The third-order valence-corrected chi connectivity index (χ3v) is 4.35. The quantitative estimate of drug-likeness (QED) is 0.763. The predicted octanol–water partition coefficient (Wildman–Crippen LogP) is 3.78. The molecular weight excluding hydrogens is 391 g/mol. The number of ether oxygens (including phenoxy) is 1. The third kappa shape index (κ3) is 6.12. The van der Waals surface area contributed by atoms with Crippen molar-refractivity contribution in [3.05, 3.63) is 33.4 Å². The van der Waals surface area contributed by atoms with Gasteiger partial charge in [0.05, 0.1) is 0 Å². The molecule has 1 amide bonds. The van der Waals surface area contributed by atoms with Crippen LogP contribution in [-0.4, -0.2) is 35.7 Å². The van der Waals surface area contributed by atoms with Crippen molar-refractivity contribution >= 4 is 28.7 Å². The van der Waals surface area contributed by atoms with Crippen LogP contribution in [0.1, 0.15) is 39.2 Å². The Hall–Kier alpha value is -0.820. The Morgan fingerprint density at radius 2 is 1.86 bits per heavy atom. The Bertz CT molecular complexity index is 488. The van der Waals surface area contributed by atoms with Gasteiger partial charge in [0.25, 0.3) is 0 Å². The van der Waals surface area contributed by atoms with E-state index in [1.165, 1.54) is 9.13 Å². The fraction of sp³-hybridized carbons (Fsp3) is 0.588. The Labute approximate surface area is 146 Å². The molecule has 1 fully saturated rings. The molecule has 0 unspecified atom stereocenters. The van der Waals surface area contributed by atoms with Crippen LogP contribution >= 0.6 is 22.6 Å². The number of hydrogen-bond donors (Lipinski definition) is 1. The summed E-state index contributed by atoms with van der Waals surface area (Å²) >= 11 is 2.32. The van der Waals surface area contributed by atoms with Gasteiger partial charge in [-0.2, -0.15) is 0 Å². The third-order valence-electron chi connectivity index (χ3n) is 3.63. The first-order valence-corrected chi connectivity index (χ1v) is 8.86. The number of nitrogens with zero attached hydrogens (tertiary/aromatic N) is 1. The summed E-state index contributed by atoms with van der Waals surface area (Å²) in [5.74, 6) is 0. The molecule has 5 heteroatoms. The maximum atomic E-state index is 11.8. The van der Waals surface area contributed by atoms with Crippen molar-refractivity contribution in [1.82, 2.24) is 10.2 Å². The van der Waals surface area contributed by atoms with Gasteiger partial charge in [-0.1, -0.05) is 12.1 Å². The summed E-state index contributed by atoms with van der Waals surface area (Å²) < 4.78 is 6.58. The van der Waals surface area contributed by atoms with Gasteiger partial charge in [-0.05, 0) is 73.9 Å². The van der Waals surface area contributed by atoms with Crippen molar-refractivity contribution in [1.29, 1.82) is 0 Å². The number of hydrogen-bond acceptors (Lipinski definition) is 3. The molecule has 0 atom stereocenters. The van der Waals surface area contributed by atoms with Crippen LogP contribution < -0.4 is 5.32 Å². The standard InChI is InChI=1S/C17H25IN2O2/c1-17(2,3)22-16(21)19-15-8-10-20(11-9-15)12-13-4-6-14(18)7-5-13/h4-7,15H,8-12H2,1-3H3,(H,19,21). The zero-order valence-electron chi connectivity index (χ0n) is 13.6. The van der Waals surface area contributed by atoms with E-state index < -0.39 is 5.60 Å². The number of likely N-dealkylation sites (tertiary alicyclic amines) is 1. The number of halogens is 1. The zero-order valence-corrected chi connectivity index (χ0v) is 15.7. The maximum Gasteiger partial charge on any atom is 0.407 e.